The van der Waals surface area contributed by atoms with Gasteiger partial charge in [0.15, 0.2) is 5.78 Å². The molecule has 1 heterocycles. The van der Waals surface area contributed by atoms with Crippen LogP contribution in [0.3, 0.4) is 0 Å². The van der Waals surface area contributed by atoms with E-state index in [0.29, 0.717) is 21.6 Å². The number of ketones is 1. The van der Waals surface area contributed by atoms with E-state index in [1.807, 2.05) is 26.8 Å². The number of esters is 2. The van der Waals surface area contributed by atoms with Gasteiger partial charge in [-0.1, -0.05) is 6.08 Å². The first kappa shape index (κ1) is 22.3. The van der Waals surface area contributed by atoms with Gasteiger partial charge in [0.1, 0.15) is 5.60 Å². The third kappa shape index (κ3) is 5.53. The van der Waals surface area contributed by atoms with Crippen molar-refractivity contribution >= 4 is 29.1 Å². The van der Waals surface area contributed by atoms with E-state index in [1.54, 1.807) is 19.2 Å². The molecular formula is C22H32O5S. The summed E-state index contributed by atoms with van der Waals surface area (Å²) in [5.74, 6) is -0.320. The van der Waals surface area contributed by atoms with Crippen LogP contribution in [0, 0.1) is 18.8 Å². The van der Waals surface area contributed by atoms with Crippen LogP contribution in [0.25, 0.3) is 0 Å². The van der Waals surface area contributed by atoms with Crippen molar-refractivity contribution in [2.75, 3.05) is 7.11 Å². The average molecular weight is 409 g/mol. The lowest BCUT2D eigenvalue weighted by molar-refractivity contribution is -0.149. The predicted octanol–water partition coefficient (Wildman–Crippen LogP) is 5.37. The summed E-state index contributed by atoms with van der Waals surface area (Å²) < 4.78 is 10.2. The molecule has 0 bridgehead atoms. The van der Waals surface area contributed by atoms with Crippen LogP contribution in [0.2, 0.25) is 0 Å². The van der Waals surface area contributed by atoms with E-state index in [1.165, 1.54) is 18.4 Å². The van der Waals surface area contributed by atoms with Crippen LogP contribution < -0.4 is 0 Å². The van der Waals surface area contributed by atoms with Crippen LogP contribution in [0.4, 0.5) is 0 Å². The molecule has 0 aromatic carbocycles. The fourth-order valence-corrected chi connectivity index (χ4v) is 4.56. The number of hydrogen-bond acceptors (Lipinski definition) is 6. The molecule has 1 saturated carbocycles. The highest BCUT2D eigenvalue weighted by Gasteiger charge is 2.30. The van der Waals surface area contributed by atoms with Gasteiger partial charge in [-0.15, -0.1) is 11.3 Å². The average Bonchev–Trinajstić information content (AvgIpc) is 3.01. The Morgan fingerprint density at radius 1 is 1.18 bits per heavy atom. The van der Waals surface area contributed by atoms with E-state index in [9.17, 15) is 14.4 Å². The molecule has 1 aromatic rings. The molecule has 2 rings (SSSR count). The SMILES string of the molecule is COC(=O)c1csc(C(=O)C2CCC(C=C(C)C(=O)OC(C)(C)C)CC2)c1C.[HH]. The van der Waals surface area contributed by atoms with Crippen molar-refractivity contribution in [2.45, 2.75) is 65.9 Å². The molecule has 0 aliphatic heterocycles. The summed E-state index contributed by atoms with van der Waals surface area (Å²) in [5, 5.41) is 1.70. The van der Waals surface area contributed by atoms with E-state index in [4.69, 9.17) is 9.47 Å². The highest BCUT2D eigenvalue weighted by Crippen LogP contribution is 2.35. The van der Waals surface area contributed by atoms with Gasteiger partial charge in [0.25, 0.3) is 0 Å². The second-order valence-electron chi connectivity index (χ2n) is 8.42. The summed E-state index contributed by atoms with van der Waals surface area (Å²) in [5.41, 5.74) is 1.31. The maximum Gasteiger partial charge on any atom is 0.338 e. The molecule has 0 radical (unpaired) electrons. The zero-order valence-electron chi connectivity index (χ0n) is 17.6. The van der Waals surface area contributed by atoms with Crippen LogP contribution in [-0.4, -0.2) is 30.4 Å². The number of carbonyl (C=O) groups excluding carboxylic acids is 3. The van der Waals surface area contributed by atoms with Gasteiger partial charge in [-0.3, -0.25) is 4.79 Å². The molecule has 156 valence electrons. The Hall–Kier alpha value is -1.95. The number of Topliss-reactive ketones (excluding diaryl/α,β-unsaturated/α-hetero) is 1. The van der Waals surface area contributed by atoms with Crippen LogP contribution >= 0.6 is 11.3 Å². The smallest absolute Gasteiger partial charge is 0.338 e. The first-order valence-corrected chi connectivity index (χ1v) is 10.5. The van der Waals surface area contributed by atoms with Crippen molar-refractivity contribution in [3.63, 3.8) is 0 Å². The van der Waals surface area contributed by atoms with Crippen LogP contribution in [0.1, 0.15) is 80.4 Å². The Morgan fingerprint density at radius 2 is 1.79 bits per heavy atom. The summed E-state index contributed by atoms with van der Waals surface area (Å²) in [7, 11) is 1.34. The molecule has 0 saturated heterocycles. The number of hydrogen-bond donors (Lipinski definition) is 0. The minimum atomic E-state index is -0.502. The van der Waals surface area contributed by atoms with Gasteiger partial charge in [0.05, 0.1) is 17.6 Å². The summed E-state index contributed by atoms with van der Waals surface area (Å²) in [6.07, 6.45) is 5.29. The van der Waals surface area contributed by atoms with Crippen molar-refractivity contribution in [3.8, 4) is 0 Å². The van der Waals surface area contributed by atoms with Gasteiger partial charge in [-0.05, 0) is 71.8 Å². The normalized spacial score (nSPS) is 20.6. The van der Waals surface area contributed by atoms with Crippen LogP contribution in [0.15, 0.2) is 17.0 Å². The Kier molecular flexibility index (Phi) is 7.21. The number of thiophene rings is 1. The largest absolute Gasteiger partial charge is 0.465 e. The number of methoxy groups -OCH3 is 1. The van der Waals surface area contributed by atoms with E-state index in [0.717, 1.165) is 25.7 Å². The highest BCUT2D eigenvalue weighted by atomic mass is 32.1. The lowest BCUT2D eigenvalue weighted by Gasteiger charge is -2.26. The van der Waals surface area contributed by atoms with E-state index in [2.05, 4.69) is 0 Å². The topological polar surface area (TPSA) is 69.7 Å². The molecule has 0 amide bonds. The summed E-state index contributed by atoms with van der Waals surface area (Å²) in [4.78, 5) is 37.5. The maximum atomic E-state index is 12.9. The molecule has 1 aliphatic rings. The molecule has 0 spiro atoms. The summed E-state index contributed by atoms with van der Waals surface area (Å²) in [6, 6.07) is 0. The van der Waals surface area contributed by atoms with Crippen molar-refractivity contribution in [1.29, 1.82) is 0 Å². The van der Waals surface area contributed by atoms with Gasteiger partial charge < -0.3 is 9.47 Å². The van der Waals surface area contributed by atoms with Crippen LogP contribution in [-0.2, 0) is 14.3 Å². The van der Waals surface area contributed by atoms with Crippen molar-refractivity contribution in [1.82, 2.24) is 0 Å². The summed E-state index contributed by atoms with van der Waals surface area (Å²) in [6.45, 7) is 9.15. The Labute approximate surface area is 172 Å². The van der Waals surface area contributed by atoms with Crippen LogP contribution in [0.5, 0.6) is 0 Å². The van der Waals surface area contributed by atoms with Gasteiger partial charge in [0, 0.05) is 18.3 Å². The van der Waals surface area contributed by atoms with Gasteiger partial charge in [-0.25, -0.2) is 9.59 Å². The van der Waals surface area contributed by atoms with Crippen molar-refractivity contribution in [2.24, 2.45) is 11.8 Å². The second-order valence-corrected chi connectivity index (χ2v) is 9.30. The first-order chi connectivity index (χ1) is 13.0. The lowest BCUT2D eigenvalue weighted by atomic mass is 9.79. The molecule has 1 aromatic heterocycles. The van der Waals surface area contributed by atoms with Gasteiger partial charge in [-0.2, -0.15) is 0 Å². The van der Waals surface area contributed by atoms with E-state index < -0.39 is 11.6 Å². The lowest BCUT2D eigenvalue weighted by Crippen LogP contribution is -2.25. The second kappa shape index (κ2) is 9.03. The molecule has 5 nitrogen and oxygen atoms in total. The Bertz CT molecular complexity index is 780. The van der Waals surface area contributed by atoms with Gasteiger partial charge >= 0.3 is 11.9 Å². The molecule has 0 N–H and O–H groups in total. The Balaban J connectivity index is 0.00000420. The monoisotopic (exact) mass is 408 g/mol. The fraction of sp³-hybridized carbons (Fsp3) is 0.591. The molecule has 0 atom stereocenters. The molecule has 28 heavy (non-hydrogen) atoms. The third-order valence-corrected chi connectivity index (χ3v) is 6.11. The highest BCUT2D eigenvalue weighted by molar-refractivity contribution is 7.12. The predicted molar refractivity (Wildman–Crippen MR) is 112 cm³/mol. The van der Waals surface area contributed by atoms with Crippen molar-refractivity contribution in [3.05, 3.63) is 33.0 Å². The maximum absolute atomic E-state index is 12.9. The van der Waals surface area contributed by atoms with Gasteiger partial charge in [0.2, 0.25) is 0 Å². The zero-order chi connectivity index (χ0) is 21.1. The number of ether oxygens (including phenoxy) is 2. The first-order valence-electron chi connectivity index (χ1n) is 9.66. The minimum Gasteiger partial charge on any atom is -0.465 e. The minimum absolute atomic E-state index is 0. The fourth-order valence-electron chi connectivity index (χ4n) is 3.48. The third-order valence-electron chi connectivity index (χ3n) is 5.02. The number of allylic oxidation sites excluding steroid dienone is 1. The van der Waals surface area contributed by atoms with E-state index >= 15 is 0 Å². The molecule has 1 aliphatic carbocycles. The quantitative estimate of drug-likeness (QED) is 0.372. The number of carbonyl (C=O) groups is 3. The van der Waals surface area contributed by atoms with Crippen molar-refractivity contribution < 1.29 is 25.3 Å². The standard InChI is InChI=1S/C22H30O5S.H2/c1-13(20(24)27-22(3,4)5)11-15-7-9-16(10-8-15)18(23)19-14(2)17(12-28-19)21(25)26-6;/h11-12,15-16H,7-10H2,1-6H3;1H. The number of rotatable bonds is 5. The molecule has 6 heteroatoms. The Morgan fingerprint density at radius 3 is 2.32 bits per heavy atom. The molecule has 1 fully saturated rings. The summed E-state index contributed by atoms with van der Waals surface area (Å²) >= 11 is 1.32. The zero-order valence-corrected chi connectivity index (χ0v) is 18.4. The molecular weight excluding hydrogens is 376 g/mol. The molecule has 0 unspecified atom stereocenters. The van der Waals surface area contributed by atoms with E-state index in [-0.39, 0.29) is 25.0 Å².